The molecule has 7 aromatic rings. The van der Waals surface area contributed by atoms with Gasteiger partial charge in [-0.15, -0.1) is 0 Å². The highest BCUT2D eigenvalue weighted by Gasteiger charge is 2.49. The van der Waals surface area contributed by atoms with Crippen LogP contribution in [0.3, 0.4) is 0 Å². The number of rotatable bonds is 2. The van der Waals surface area contributed by atoms with E-state index in [0.29, 0.717) is 0 Å². The lowest BCUT2D eigenvalue weighted by Gasteiger charge is -2.31. The summed E-state index contributed by atoms with van der Waals surface area (Å²) in [5, 5.41) is -14.9. The van der Waals surface area contributed by atoms with Gasteiger partial charge in [-0.2, -0.15) is 0 Å². The largest absolute Gasteiger partial charge is 0.269 e. The molecule has 60 heavy (non-hydrogen) atoms. The quantitative estimate of drug-likeness (QED) is 0.0434. The third-order valence-electron chi connectivity index (χ3n) is 10.0. The number of hydrogen-bond donors (Lipinski definition) is 0. The average molecular weight is 866 g/mol. The summed E-state index contributed by atoms with van der Waals surface area (Å²) in [6.45, 7) is 0. The molecule has 0 radical (unpaired) electrons. The molecule has 0 bridgehead atoms. The second-order valence-electron chi connectivity index (χ2n) is 12.7. The summed E-state index contributed by atoms with van der Waals surface area (Å²) in [6, 6.07) is 0. The number of anilines is 2. The van der Waals surface area contributed by atoms with Gasteiger partial charge in [0.2, 0.25) is 11.6 Å². The van der Waals surface area contributed by atoms with E-state index < -0.39 is 215 Å². The van der Waals surface area contributed by atoms with E-state index in [1.54, 1.807) is 0 Å². The van der Waals surface area contributed by atoms with Crippen LogP contribution in [0.5, 0.6) is 0 Å². The van der Waals surface area contributed by atoms with E-state index >= 15 is 35.1 Å². The Bertz CT molecular complexity index is 2980. The molecule has 0 fully saturated rings. The second-order valence-corrected chi connectivity index (χ2v) is 12.7. The molecular formula is C36F18N2O4. The Hall–Kier alpha value is -7.14. The van der Waals surface area contributed by atoms with Gasteiger partial charge in [0.25, 0.3) is 23.6 Å². The van der Waals surface area contributed by atoms with E-state index in [2.05, 4.69) is 0 Å². The summed E-state index contributed by atoms with van der Waals surface area (Å²) in [4.78, 5) is 52.1. The summed E-state index contributed by atoms with van der Waals surface area (Å²) in [7, 11) is 0. The van der Waals surface area contributed by atoms with E-state index in [-0.39, 0.29) is 0 Å². The number of imide groups is 2. The fourth-order valence-corrected chi connectivity index (χ4v) is 7.62. The molecule has 2 aliphatic heterocycles. The standard InChI is InChI=1S/C36F18N2O4/c37-13-5-1-3-9(17(13)41)33(57)55(31-27(51)23(47)21(45)24(48)28(31)52)34(58)10(3)18(42)14(38)6(1)8-2-4-11(19(43)15(39)7(2)5)35(59)56(36(60)12(4)20(44)16(8)40)32-29(53)25(49)22(46)26(50)30(32)54. The summed E-state index contributed by atoms with van der Waals surface area (Å²) in [5.74, 6) is -61.8. The van der Waals surface area contributed by atoms with Crippen molar-refractivity contribution in [3.8, 4) is 0 Å². The molecule has 0 spiro atoms. The Labute approximate surface area is 313 Å². The number of carbonyl (C=O) groups is 4. The maximum absolute atomic E-state index is 16.4. The van der Waals surface area contributed by atoms with Gasteiger partial charge < -0.3 is 0 Å². The molecule has 0 saturated heterocycles. The van der Waals surface area contributed by atoms with Gasteiger partial charge in [-0.25, -0.2) is 88.8 Å². The first-order valence-electron chi connectivity index (χ1n) is 15.6. The van der Waals surface area contributed by atoms with E-state index in [4.69, 9.17) is 0 Å². The van der Waals surface area contributed by atoms with Crippen molar-refractivity contribution >= 4 is 78.1 Å². The lowest BCUT2D eigenvalue weighted by molar-refractivity contribution is 0.0868. The molecule has 0 aliphatic carbocycles. The van der Waals surface area contributed by atoms with Gasteiger partial charge in [-0.3, -0.25) is 19.2 Å². The van der Waals surface area contributed by atoms with Crippen LogP contribution < -0.4 is 9.80 Å². The zero-order valence-electron chi connectivity index (χ0n) is 27.3. The minimum absolute atomic E-state index is 1.14. The third-order valence-corrected chi connectivity index (χ3v) is 10.0. The van der Waals surface area contributed by atoms with Crippen LogP contribution in [-0.2, 0) is 0 Å². The number of hydrogen-bond acceptors (Lipinski definition) is 4. The summed E-state index contributed by atoms with van der Waals surface area (Å²) in [5.41, 5.74) is -13.7. The first kappa shape index (κ1) is 38.4. The minimum atomic E-state index is -2.95. The monoisotopic (exact) mass is 866 g/mol. The number of amides is 4. The molecule has 2 heterocycles. The van der Waals surface area contributed by atoms with Crippen molar-refractivity contribution in [2.45, 2.75) is 0 Å². The Morgan fingerprint density at radius 3 is 0.583 bits per heavy atom. The summed E-state index contributed by atoms with van der Waals surface area (Å²) in [6.07, 6.45) is 0. The van der Waals surface area contributed by atoms with Gasteiger partial charge in [-0.1, -0.05) is 0 Å². The Balaban J connectivity index is 1.47. The number of benzene rings is 7. The van der Waals surface area contributed by atoms with Crippen molar-refractivity contribution < 1.29 is 98.2 Å². The molecule has 0 saturated carbocycles. The van der Waals surface area contributed by atoms with Crippen molar-refractivity contribution in [1.29, 1.82) is 0 Å². The zero-order valence-corrected chi connectivity index (χ0v) is 27.3. The predicted octanol–water partition coefficient (Wildman–Crippen LogP) is 9.84. The van der Waals surface area contributed by atoms with Gasteiger partial charge in [0.1, 0.15) is 11.4 Å². The predicted molar refractivity (Wildman–Crippen MR) is 162 cm³/mol. The topological polar surface area (TPSA) is 74.8 Å². The van der Waals surface area contributed by atoms with Gasteiger partial charge in [-0.05, 0) is 0 Å². The van der Waals surface area contributed by atoms with Gasteiger partial charge in [0.05, 0.1) is 22.3 Å². The number of fused-ring (bicyclic) bond motifs is 2. The van der Waals surface area contributed by atoms with Gasteiger partial charge in [0.15, 0.2) is 93.1 Å². The second kappa shape index (κ2) is 11.7. The smallest absolute Gasteiger partial charge is 0.268 e. The molecule has 304 valence electrons. The minimum Gasteiger partial charge on any atom is -0.268 e. The van der Waals surface area contributed by atoms with E-state index in [1.165, 1.54) is 0 Å². The van der Waals surface area contributed by atoms with Crippen molar-refractivity contribution in [3.05, 3.63) is 127 Å². The lowest BCUT2D eigenvalue weighted by Crippen LogP contribution is -2.44. The highest BCUT2D eigenvalue weighted by molar-refractivity contribution is 6.45. The maximum atomic E-state index is 16.4. The molecule has 24 heteroatoms. The molecule has 0 unspecified atom stereocenters. The van der Waals surface area contributed by atoms with Crippen LogP contribution in [0.25, 0.3) is 43.1 Å². The Morgan fingerprint density at radius 1 is 0.200 bits per heavy atom. The van der Waals surface area contributed by atoms with E-state index in [1.807, 2.05) is 0 Å². The molecule has 9 rings (SSSR count). The van der Waals surface area contributed by atoms with Crippen molar-refractivity contribution in [1.82, 2.24) is 0 Å². The van der Waals surface area contributed by atoms with Crippen LogP contribution in [-0.4, -0.2) is 23.6 Å². The summed E-state index contributed by atoms with van der Waals surface area (Å²) >= 11 is 0. The molecule has 7 aromatic carbocycles. The van der Waals surface area contributed by atoms with Gasteiger partial charge >= 0.3 is 0 Å². The average Bonchev–Trinajstić information content (AvgIpc) is 3.21. The van der Waals surface area contributed by atoms with Crippen LogP contribution in [0.1, 0.15) is 41.4 Å². The van der Waals surface area contributed by atoms with Crippen LogP contribution >= 0.6 is 0 Å². The molecular weight excluding hydrogens is 866 g/mol. The first-order valence-corrected chi connectivity index (χ1v) is 15.6. The molecule has 6 nitrogen and oxygen atoms in total. The van der Waals surface area contributed by atoms with Crippen LogP contribution in [0.4, 0.5) is 90.4 Å². The fraction of sp³-hybridized carbons (Fsp3) is 0. The van der Waals surface area contributed by atoms with Crippen molar-refractivity contribution in [2.24, 2.45) is 0 Å². The molecule has 0 aromatic heterocycles. The normalized spacial score (nSPS) is 14.2. The van der Waals surface area contributed by atoms with Crippen molar-refractivity contribution in [2.75, 3.05) is 9.80 Å². The van der Waals surface area contributed by atoms with Crippen LogP contribution in [0.15, 0.2) is 0 Å². The highest BCUT2D eigenvalue weighted by atomic mass is 19.2. The number of halogens is 18. The fourth-order valence-electron chi connectivity index (χ4n) is 7.62. The Kier molecular flexibility index (Phi) is 7.52. The maximum Gasteiger partial charge on any atom is 0.269 e. The lowest BCUT2D eigenvalue weighted by atomic mass is 9.80. The molecule has 0 N–H and O–H groups in total. The number of nitrogens with zero attached hydrogens (tertiary/aromatic N) is 2. The van der Waals surface area contributed by atoms with Crippen LogP contribution in [0.2, 0.25) is 0 Å². The first-order chi connectivity index (χ1) is 28.0. The Morgan fingerprint density at radius 2 is 0.383 bits per heavy atom. The third kappa shape index (κ3) is 4.04. The SMILES string of the molecule is O=C1c2c(F)c(F)c3c4c(F)c(F)c5c6c(c(F)c(F)c(c7c(F)c(F)c(c2c37)C(=O)N1c1c(F)c(F)c(F)c(F)c1F)c64)C(=O)N(c1c(F)c(F)c(F)c(F)c1F)C5=O. The van der Waals surface area contributed by atoms with Crippen molar-refractivity contribution in [3.63, 3.8) is 0 Å². The number of carbonyl (C=O) groups excluding carboxylic acids is 4. The molecule has 2 aliphatic rings. The van der Waals surface area contributed by atoms with E-state index in [0.717, 1.165) is 0 Å². The highest BCUT2D eigenvalue weighted by Crippen LogP contribution is 2.53. The van der Waals surface area contributed by atoms with E-state index in [9.17, 15) is 63.1 Å². The van der Waals surface area contributed by atoms with Crippen LogP contribution in [0, 0.1) is 105 Å². The zero-order chi connectivity index (χ0) is 43.9. The summed E-state index contributed by atoms with van der Waals surface area (Å²) < 4.78 is 274. The molecule has 0 atom stereocenters. The molecule has 4 amide bonds. The van der Waals surface area contributed by atoms with Gasteiger partial charge in [0, 0.05) is 43.1 Å².